The molecule has 0 fully saturated rings. The van der Waals surface area contributed by atoms with Gasteiger partial charge in [-0.05, 0) is 6.92 Å². The summed E-state index contributed by atoms with van der Waals surface area (Å²) < 4.78 is 56.0. The number of rotatable bonds is 1. The summed E-state index contributed by atoms with van der Waals surface area (Å²) in [5.41, 5.74) is 0. The van der Waals surface area contributed by atoms with E-state index < -0.39 is 18.5 Å². The van der Waals surface area contributed by atoms with E-state index in [1.807, 2.05) is 0 Å². The zero-order valence-corrected chi connectivity index (χ0v) is 4.25. The third kappa shape index (κ3) is 2.62. The van der Waals surface area contributed by atoms with E-state index >= 15 is 0 Å². The van der Waals surface area contributed by atoms with E-state index in [4.69, 9.17) is 0 Å². The Bertz CT molecular complexity index is 83.4. The van der Waals surface area contributed by atoms with Crippen molar-refractivity contribution in [1.82, 2.24) is 0 Å². The van der Waals surface area contributed by atoms with Crippen molar-refractivity contribution in [3.63, 3.8) is 0 Å². The van der Waals surface area contributed by atoms with E-state index in [9.17, 15) is 22.0 Å². The van der Waals surface area contributed by atoms with Gasteiger partial charge in [-0.3, -0.25) is 0 Å². The van der Waals surface area contributed by atoms with Gasteiger partial charge in [-0.2, -0.15) is 13.2 Å². The summed E-state index contributed by atoms with van der Waals surface area (Å²) in [6.07, 6.45) is -11.3. The Hall–Kier alpha value is -0.350. The molecule has 0 aromatic heterocycles. The van der Waals surface area contributed by atoms with E-state index in [-0.39, 0.29) is 0 Å². The lowest BCUT2D eigenvalue weighted by Gasteiger charge is -2.11. The third-order valence-electron chi connectivity index (χ3n) is 0.630. The summed E-state index contributed by atoms with van der Waals surface area (Å²) >= 11 is 0. The average Bonchev–Trinajstić information content (AvgIpc) is 1.62. The molecular formula is C4H4F5. The van der Waals surface area contributed by atoms with Gasteiger partial charge in [0.05, 0.1) is 0 Å². The van der Waals surface area contributed by atoms with Gasteiger partial charge in [0.25, 0.3) is 0 Å². The standard InChI is InChI=1S/C4H4F5/c1-2(5)3(6)4(7,8)9/h2-3H,1H2. The first-order chi connectivity index (χ1) is 3.85. The molecule has 1 radical (unpaired) electrons. The maximum absolute atomic E-state index is 11.5. The second kappa shape index (κ2) is 2.49. The van der Waals surface area contributed by atoms with Gasteiger partial charge in [-0.1, -0.05) is 0 Å². The SMILES string of the molecule is [CH2]C(F)C(F)C(F)(F)F. The van der Waals surface area contributed by atoms with Crippen LogP contribution in [0.2, 0.25) is 0 Å². The molecule has 0 N–H and O–H groups in total. The Morgan fingerprint density at radius 2 is 1.44 bits per heavy atom. The van der Waals surface area contributed by atoms with Crippen LogP contribution in [-0.4, -0.2) is 18.5 Å². The van der Waals surface area contributed by atoms with E-state index in [2.05, 4.69) is 6.92 Å². The second-order valence-electron chi connectivity index (χ2n) is 1.46. The molecule has 55 valence electrons. The average molecular weight is 147 g/mol. The zero-order valence-electron chi connectivity index (χ0n) is 4.25. The lowest BCUT2D eigenvalue weighted by atomic mass is 10.3. The molecular weight excluding hydrogens is 143 g/mol. The number of hydrogen-bond acceptors (Lipinski definition) is 0. The largest absolute Gasteiger partial charge is 0.422 e. The van der Waals surface area contributed by atoms with Gasteiger partial charge >= 0.3 is 6.18 Å². The van der Waals surface area contributed by atoms with Gasteiger partial charge in [-0.25, -0.2) is 8.78 Å². The fourth-order valence-corrected chi connectivity index (χ4v) is 0.205. The Morgan fingerprint density at radius 1 is 1.11 bits per heavy atom. The van der Waals surface area contributed by atoms with Crippen LogP contribution in [0.4, 0.5) is 22.0 Å². The number of halogens is 5. The van der Waals surface area contributed by atoms with E-state index in [1.165, 1.54) is 0 Å². The van der Waals surface area contributed by atoms with Crippen molar-refractivity contribution in [2.45, 2.75) is 18.5 Å². The fourth-order valence-electron chi connectivity index (χ4n) is 0.205. The van der Waals surface area contributed by atoms with Crippen LogP contribution in [0.1, 0.15) is 0 Å². The van der Waals surface area contributed by atoms with Crippen LogP contribution < -0.4 is 0 Å². The Morgan fingerprint density at radius 3 is 1.44 bits per heavy atom. The Kier molecular flexibility index (Phi) is 2.40. The van der Waals surface area contributed by atoms with Gasteiger partial charge in [0.2, 0.25) is 6.17 Å². The second-order valence-corrected chi connectivity index (χ2v) is 1.46. The molecule has 0 aliphatic heterocycles. The molecule has 0 amide bonds. The molecule has 0 heterocycles. The predicted octanol–water partition coefficient (Wildman–Crippen LogP) is 2.06. The van der Waals surface area contributed by atoms with Crippen LogP contribution in [0, 0.1) is 6.92 Å². The van der Waals surface area contributed by atoms with Crippen molar-refractivity contribution in [2.75, 3.05) is 0 Å². The van der Waals surface area contributed by atoms with Crippen molar-refractivity contribution in [1.29, 1.82) is 0 Å². The van der Waals surface area contributed by atoms with E-state index in [0.717, 1.165) is 0 Å². The number of hydrogen-bond donors (Lipinski definition) is 0. The van der Waals surface area contributed by atoms with Crippen molar-refractivity contribution in [2.24, 2.45) is 0 Å². The molecule has 2 atom stereocenters. The molecule has 0 spiro atoms. The van der Waals surface area contributed by atoms with Gasteiger partial charge in [-0.15, -0.1) is 0 Å². The molecule has 0 bridgehead atoms. The van der Waals surface area contributed by atoms with Crippen LogP contribution >= 0.6 is 0 Å². The summed E-state index contributed by atoms with van der Waals surface area (Å²) in [5, 5.41) is 0. The fraction of sp³-hybridized carbons (Fsp3) is 0.750. The normalized spacial score (nSPS) is 19.3. The molecule has 2 unspecified atom stereocenters. The monoisotopic (exact) mass is 147 g/mol. The molecule has 0 aromatic rings. The van der Waals surface area contributed by atoms with Gasteiger partial charge in [0, 0.05) is 0 Å². The lowest BCUT2D eigenvalue weighted by Crippen LogP contribution is -2.31. The highest BCUT2D eigenvalue weighted by atomic mass is 19.4. The smallest absolute Gasteiger partial charge is 0.244 e. The quantitative estimate of drug-likeness (QED) is 0.498. The molecule has 0 aromatic carbocycles. The van der Waals surface area contributed by atoms with Crippen LogP contribution in [0.15, 0.2) is 0 Å². The van der Waals surface area contributed by atoms with E-state index in [0.29, 0.717) is 0 Å². The highest BCUT2D eigenvalue weighted by Crippen LogP contribution is 2.26. The minimum atomic E-state index is -5.12. The van der Waals surface area contributed by atoms with Crippen molar-refractivity contribution in [3.8, 4) is 0 Å². The predicted molar refractivity (Wildman–Crippen MR) is 21.2 cm³/mol. The molecule has 0 rings (SSSR count). The molecule has 0 saturated heterocycles. The molecule has 0 nitrogen and oxygen atoms in total. The maximum atomic E-state index is 11.5. The van der Waals surface area contributed by atoms with Crippen molar-refractivity contribution in [3.05, 3.63) is 6.92 Å². The molecule has 9 heavy (non-hydrogen) atoms. The maximum Gasteiger partial charge on any atom is 0.422 e. The Labute approximate surface area is 48.7 Å². The van der Waals surface area contributed by atoms with Crippen LogP contribution in [-0.2, 0) is 0 Å². The number of alkyl halides is 5. The molecule has 0 saturated carbocycles. The highest BCUT2D eigenvalue weighted by Gasteiger charge is 2.44. The first kappa shape index (κ1) is 8.65. The molecule has 0 aliphatic carbocycles. The third-order valence-corrected chi connectivity index (χ3v) is 0.630. The van der Waals surface area contributed by atoms with Gasteiger partial charge in [0.15, 0.2) is 0 Å². The molecule has 0 aliphatic rings. The summed E-state index contributed by atoms with van der Waals surface area (Å²) in [6.45, 7) is 2.24. The first-order valence-corrected chi connectivity index (χ1v) is 2.03. The van der Waals surface area contributed by atoms with Crippen LogP contribution in [0.5, 0.6) is 0 Å². The van der Waals surface area contributed by atoms with Gasteiger partial charge < -0.3 is 0 Å². The van der Waals surface area contributed by atoms with Crippen molar-refractivity contribution >= 4 is 0 Å². The summed E-state index contributed by atoms with van der Waals surface area (Å²) in [4.78, 5) is 0. The van der Waals surface area contributed by atoms with E-state index in [1.54, 1.807) is 0 Å². The summed E-state index contributed by atoms with van der Waals surface area (Å²) in [6, 6.07) is 0. The van der Waals surface area contributed by atoms with Gasteiger partial charge in [0.1, 0.15) is 6.17 Å². The molecule has 5 heteroatoms. The summed E-state index contributed by atoms with van der Waals surface area (Å²) in [7, 11) is 0. The topological polar surface area (TPSA) is 0 Å². The lowest BCUT2D eigenvalue weighted by molar-refractivity contribution is -0.191. The minimum absolute atomic E-state index is 2.24. The first-order valence-electron chi connectivity index (χ1n) is 2.03. The summed E-state index contributed by atoms with van der Waals surface area (Å²) in [5.74, 6) is 0. The Balaban J connectivity index is 3.88. The van der Waals surface area contributed by atoms with Crippen LogP contribution in [0.3, 0.4) is 0 Å². The zero-order chi connectivity index (χ0) is 7.65. The van der Waals surface area contributed by atoms with Crippen LogP contribution in [0.25, 0.3) is 0 Å². The minimum Gasteiger partial charge on any atom is -0.244 e. The van der Waals surface area contributed by atoms with Crippen molar-refractivity contribution < 1.29 is 22.0 Å². The highest BCUT2D eigenvalue weighted by molar-refractivity contribution is 4.76.